The van der Waals surface area contributed by atoms with Gasteiger partial charge in [-0.3, -0.25) is 9.36 Å². The molecule has 3 heteroatoms. The van der Waals surface area contributed by atoms with Crippen LogP contribution in [0.1, 0.15) is 5.56 Å². The highest BCUT2D eigenvalue weighted by molar-refractivity contribution is 5.07. The highest BCUT2D eigenvalue weighted by Crippen LogP contribution is 1.90. The van der Waals surface area contributed by atoms with Crippen LogP contribution in [-0.4, -0.2) is 4.57 Å². The van der Waals surface area contributed by atoms with Gasteiger partial charge in [0, 0.05) is 12.3 Å². The Hall–Kier alpha value is -1.12. The van der Waals surface area contributed by atoms with Crippen molar-refractivity contribution in [3.8, 4) is 0 Å². The smallest absolute Gasteiger partial charge is 0.252 e. The Bertz CT molecular complexity index is 279. The second kappa shape index (κ2) is 2.64. The number of halogens is 1. The fraction of sp³-hybridized carbons (Fsp3) is 0.286. The van der Waals surface area contributed by atoms with Crippen molar-refractivity contribution in [2.45, 2.75) is 13.7 Å². The summed E-state index contributed by atoms with van der Waals surface area (Å²) in [6.45, 7) is 1.04. The van der Waals surface area contributed by atoms with Gasteiger partial charge in [0.05, 0.1) is 0 Å². The van der Waals surface area contributed by atoms with E-state index in [4.69, 9.17) is 0 Å². The third-order valence-corrected chi connectivity index (χ3v) is 1.28. The molecule has 2 nitrogen and oxygen atoms in total. The van der Waals surface area contributed by atoms with Crippen LogP contribution >= 0.6 is 0 Å². The number of rotatable bonds is 1. The van der Waals surface area contributed by atoms with Crippen molar-refractivity contribution in [3.05, 3.63) is 34.2 Å². The maximum Gasteiger partial charge on any atom is 0.252 e. The van der Waals surface area contributed by atoms with Crippen molar-refractivity contribution in [3.63, 3.8) is 0 Å². The Kier molecular flexibility index (Phi) is 1.85. The number of hydrogen-bond donors (Lipinski definition) is 0. The molecular weight excluding hydrogens is 133 g/mol. The van der Waals surface area contributed by atoms with E-state index in [1.165, 1.54) is 12.3 Å². The second-order valence-electron chi connectivity index (χ2n) is 2.13. The van der Waals surface area contributed by atoms with Crippen LogP contribution in [0.5, 0.6) is 0 Å². The van der Waals surface area contributed by atoms with Crippen molar-refractivity contribution in [1.82, 2.24) is 4.57 Å². The van der Waals surface area contributed by atoms with Gasteiger partial charge in [0.15, 0.2) is 6.80 Å². The summed E-state index contributed by atoms with van der Waals surface area (Å²) in [7, 11) is 0. The lowest BCUT2D eigenvalue weighted by atomic mass is 10.3. The maximum absolute atomic E-state index is 11.9. The van der Waals surface area contributed by atoms with E-state index in [0.717, 1.165) is 10.1 Å². The summed E-state index contributed by atoms with van der Waals surface area (Å²) in [6.07, 6.45) is 1.44. The van der Waals surface area contributed by atoms with Crippen LogP contribution < -0.4 is 5.56 Å². The summed E-state index contributed by atoms with van der Waals surface area (Å²) in [4.78, 5) is 10.8. The van der Waals surface area contributed by atoms with Gasteiger partial charge < -0.3 is 0 Å². The van der Waals surface area contributed by atoms with Gasteiger partial charge in [-0.05, 0) is 18.6 Å². The SMILES string of the molecule is Cc1ccn(CF)c(=O)c1. The lowest BCUT2D eigenvalue weighted by Gasteiger charge is -1.97. The summed E-state index contributed by atoms with van der Waals surface area (Å²) in [5, 5.41) is 0. The van der Waals surface area contributed by atoms with Gasteiger partial charge in [-0.1, -0.05) is 0 Å². The molecule has 0 radical (unpaired) electrons. The van der Waals surface area contributed by atoms with Crippen molar-refractivity contribution in [1.29, 1.82) is 0 Å². The Balaban J connectivity index is 3.20. The first-order valence-electron chi connectivity index (χ1n) is 2.97. The molecule has 0 aliphatic heterocycles. The van der Waals surface area contributed by atoms with E-state index in [1.807, 2.05) is 0 Å². The topological polar surface area (TPSA) is 22.0 Å². The molecule has 0 atom stereocenters. The predicted octanol–water partition coefficient (Wildman–Crippen LogP) is 1.08. The number of nitrogens with zero attached hydrogens (tertiary/aromatic N) is 1. The van der Waals surface area contributed by atoms with Crippen LogP contribution in [0, 0.1) is 6.92 Å². The zero-order valence-electron chi connectivity index (χ0n) is 5.67. The first-order valence-corrected chi connectivity index (χ1v) is 2.97. The minimum absolute atomic E-state index is 0.289. The van der Waals surface area contributed by atoms with Crippen molar-refractivity contribution in [2.75, 3.05) is 0 Å². The van der Waals surface area contributed by atoms with E-state index >= 15 is 0 Å². The van der Waals surface area contributed by atoms with E-state index in [0.29, 0.717) is 0 Å². The van der Waals surface area contributed by atoms with Crippen molar-refractivity contribution >= 4 is 0 Å². The number of hydrogen-bond acceptors (Lipinski definition) is 1. The van der Waals surface area contributed by atoms with E-state index in [1.54, 1.807) is 13.0 Å². The first-order chi connectivity index (χ1) is 4.74. The van der Waals surface area contributed by atoms with Gasteiger partial charge in [0.25, 0.3) is 5.56 Å². The van der Waals surface area contributed by atoms with Gasteiger partial charge in [0.1, 0.15) is 0 Å². The molecule has 0 saturated carbocycles. The molecule has 0 N–H and O–H groups in total. The van der Waals surface area contributed by atoms with Crippen LogP contribution in [0.25, 0.3) is 0 Å². The fourth-order valence-electron chi connectivity index (χ4n) is 0.706. The largest absolute Gasteiger partial charge is 0.287 e. The highest BCUT2D eigenvalue weighted by atomic mass is 19.1. The predicted molar refractivity (Wildman–Crippen MR) is 36.5 cm³/mol. The summed E-state index contributed by atoms with van der Waals surface area (Å²) >= 11 is 0. The molecule has 1 heterocycles. The van der Waals surface area contributed by atoms with Gasteiger partial charge in [-0.15, -0.1) is 0 Å². The summed E-state index contributed by atoms with van der Waals surface area (Å²) in [5.41, 5.74) is 0.567. The second-order valence-corrected chi connectivity index (χ2v) is 2.13. The molecule has 0 amide bonds. The third kappa shape index (κ3) is 1.23. The van der Waals surface area contributed by atoms with E-state index in [9.17, 15) is 9.18 Å². The van der Waals surface area contributed by atoms with Crippen LogP contribution in [0.15, 0.2) is 23.1 Å². The van der Waals surface area contributed by atoms with Crippen LogP contribution in [0.3, 0.4) is 0 Å². The average molecular weight is 141 g/mol. The molecule has 10 heavy (non-hydrogen) atoms. The van der Waals surface area contributed by atoms with Crippen LogP contribution in [0.2, 0.25) is 0 Å². The molecule has 0 saturated heterocycles. The van der Waals surface area contributed by atoms with E-state index in [2.05, 4.69) is 0 Å². The Labute approximate surface area is 57.9 Å². The van der Waals surface area contributed by atoms with E-state index in [-0.39, 0.29) is 5.56 Å². The van der Waals surface area contributed by atoms with E-state index < -0.39 is 6.80 Å². The quantitative estimate of drug-likeness (QED) is 0.573. The molecule has 1 aromatic rings. The van der Waals surface area contributed by atoms with Crippen LogP contribution in [-0.2, 0) is 6.80 Å². The molecule has 0 aliphatic carbocycles. The molecule has 0 aromatic carbocycles. The molecule has 1 rings (SSSR count). The number of aryl methyl sites for hydroxylation is 1. The van der Waals surface area contributed by atoms with Gasteiger partial charge in [-0.2, -0.15) is 0 Å². The molecule has 0 aliphatic rings. The van der Waals surface area contributed by atoms with Gasteiger partial charge >= 0.3 is 0 Å². The monoisotopic (exact) mass is 141 g/mol. The van der Waals surface area contributed by atoms with Gasteiger partial charge in [0.2, 0.25) is 0 Å². The summed E-state index contributed by atoms with van der Waals surface area (Å²) in [5.74, 6) is 0. The molecule has 54 valence electrons. The number of alkyl halides is 1. The Morgan fingerprint density at radius 3 is 2.90 bits per heavy atom. The van der Waals surface area contributed by atoms with Crippen molar-refractivity contribution in [2.24, 2.45) is 0 Å². The van der Waals surface area contributed by atoms with Crippen molar-refractivity contribution < 1.29 is 4.39 Å². The summed E-state index contributed by atoms with van der Waals surface area (Å²) in [6, 6.07) is 3.10. The normalized spacial score (nSPS) is 9.80. The number of aromatic nitrogens is 1. The molecule has 0 bridgehead atoms. The standard InChI is InChI=1S/C7H8FNO/c1-6-2-3-9(5-8)7(10)4-6/h2-4H,5H2,1H3. The summed E-state index contributed by atoms with van der Waals surface area (Å²) < 4.78 is 12.9. The zero-order chi connectivity index (χ0) is 7.56. The molecule has 0 unspecified atom stereocenters. The molecule has 1 aromatic heterocycles. The minimum atomic E-state index is -0.751. The lowest BCUT2D eigenvalue weighted by Crippen LogP contribution is -2.16. The average Bonchev–Trinajstić information content (AvgIpc) is 1.88. The van der Waals surface area contributed by atoms with Gasteiger partial charge in [-0.25, -0.2) is 4.39 Å². The fourth-order valence-corrected chi connectivity index (χ4v) is 0.706. The van der Waals surface area contributed by atoms with Crippen LogP contribution in [0.4, 0.5) is 4.39 Å². The molecular formula is C7H8FNO. The first kappa shape index (κ1) is 6.99. The highest BCUT2D eigenvalue weighted by Gasteiger charge is 1.91. The molecule has 0 spiro atoms. The number of pyridine rings is 1. The maximum atomic E-state index is 11.9. The Morgan fingerprint density at radius 1 is 1.70 bits per heavy atom. The lowest BCUT2D eigenvalue weighted by molar-refractivity contribution is 0.369. The zero-order valence-corrected chi connectivity index (χ0v) is 5.67. The minimum Gasteiger partial charge on any atom is -0.287 e. The molecule has 0 fully saturated rings. The Morgan fingerprint density at radius 2 is 2.40 bits per heavy atom. The third-order valence-electron chi connectivity index (χ3n) is 1.28.